The monoisotopic (exact) mass is 242 g/mol. The topological polar surface area (TPSA) is 49.4 Å². The van der Waals surface area contributed by atoms with Crippen molar-refractivity contribution < 1.29 is 9.59 Å². The van der Waals surface area contributed by atoms with Crippen LogP contribution in [0.3, 0.4) is 0 Å². The van der Waals surface area contributed by atoms with Crippen LogP contribution in [-0.4, -0.2) is 29.3 Å². The SMILES string of the molecule is C/C=C1\CC2C(=O)Nc3ccccc3C(=O)N2C1. The Hall–Kier alpha value is -2.10. The number of para-hydroxylation sites is 1. The molecule has 1 unspecified atom stereocenters. The van der Waals surface area contributed by atoms with Crippen molar-refractivity contribution in [3.63, 3.8) is 0 Å². The van der Waals surface area contributed by atoms with Crippen molar-refractivity contribution >= 4 is 17.5 Å². The van der Waals surface area contributed by atoms with Crippen molar-refractivity contribution in [1.29, 1.82) is 0 Å². The Labute approximate surface area is 105 Å². The first-order valence-electron chi connectivity index (χ1n) is 6.05. The molecule has 0 bridgehead atoms. The van der Waals surface area contributed by atoms with Gasteiger partial charge in [-0.25, -0.2) is 0 Å². The van der Waals surface area contributed by atoms with Crippen LogP contribution in [0.15, 0.2) is 35.9 Å². The molecule has 1 N–H and O–H groups in total. The van der Waals surface area contributed by atoms with Gasteiger partial charge in [-0.2, -0.15) is 0 Å². The van der Waals surface area contributed by atoms with Crippen molar-refractivity contribution in [2.75, 3.05) is 11.9 Å². The van der Waals surface area contributed by atoms with Crippen LogP contribution in [0.2, 0.25) is 0 Å². The summed E-state index contributed by atoms with van der Waals surface area (Å²) in [5, 5.41) is 2.84. The fourth-order valence-electron chi connectivity index (χ4n) is 2.56. The lowest BCUT2D eigenvalue weighted by Crippen LogP contribution is -2.40. The maximum atomic E-state index is 12.4. The Morgan fingerprint density at radius 2 is 2.11 bits per heavy atom. The highest BCUT2D eigenvalue weighted by atomic mass is 16.2. The predicted molar refractivity (Wildman–Crippen MR) is 68.3 cm³/mol. The molecule has 1 fully saturated rings. The molecular formula is C14H14N2O2. The van der Waals surface area contributed by atoms with Gasteiger partial charge in [0, 0.05) is 6.54 Å². The van der Waals surface area contributed by atoms with E-state index >= 15 is 0 Å². The zero-order chi connectivity index (χ0) is 12.7. The highest BCUT2D eigenvalue weighted by molar-refractivity contribution is 6.10. The third kappa shape index (κ3) is 1.53. The number of anilines is 1. The summed E-state index contributed by atoms with van der Waals surface area (Å²) in [4.78, 5) is 26.2. The van der Waals surface area contributed by atoms with E-state index < -0.39 is 0 Å². The fourth-order valence-corrected chi connectivity index (χ4v) is 2.56. The number of fused-ring (bicyclic) bond motifs is 2. The zero-order valence-corrected chi connectivity index (χ0v) is 10.1. The Balaban J connectivity index is 2.07. The van der Waals surface area contributed by atoms with E-state index in [1.165, 1.54) is 0 Å². The molecule has 2 heterocycles. The van der Waals surface area contributed by atoms with Crippen LogP contribution in [0.4, 0.5) is 5.69 Å². The molecule has 1 atom stereocenters. The standard InChI is InChI=1S/C14H14N2O2/c1-2-9-7-12-13(17)15-11-6-4-3-5-10(11)14(18)16(12)8-9/h2-6,12H,7-8H2,1H3,(H,15,17)/b9-2+. The summed E-state index contributed by atoms with van der Waals surface area (Å²) in [5.74, 6) is -0.157. The van der Waals surface area contributed by atoms with Crippen LogP contribution in [-0.2, 0) is 4.79 Å². The number of carbonyl (C=O) groups excluding carboxylic acids is 2. The average molecular weight is 242 g/mol. The fraction of sp³-hybridized carbons (Fsp3) is 0.286. The summed E-state index contributed by atoms with van der Waals surface area (Å²) in [5.41, 5.74) is 2.33. The Morgan fingerprint density at radius 3 is 2.89 bits per heavy atom. The van der Waals surface area contributed by atoms with Gasteiger partial charge in [-0.05, 0) is 25.5 Å². The van der Waals surface area contributed by atoms with E-state index in [4.69, 9.17) is 0 Å². The van der Waals surface area contributed by atoms with Crippen LogP contribution in [0.25, 0.3) is 0 Å². The van der Waals surface area contributed by atoms with Crippen LogP contribution >= 0.6 is 0 Å². The van der Waals surface area contributed by atoms with E-state index in [9.17, 15) is 9.59 Å². The highest BCUT2D eigenvalue weighted by Gasteiger charge is 2.39. The summed E-state index contributed by atoms with van der Waals surface area (Å²) in [6.07, 6.45) is 2.63. The second-order valence-electron chi connectivity index (χ2n) is 4.63. The number of hydrogen-bond acceptors (Lipinski definition) is 2. The van der Waals surface area contributed by atoms with Gasteiger partial charge in [-0.3, -0.25) is 9.59 Å². The van der Waals surface area contributed by atoms with Crippen LogP contribution in [0.5, 0.6) is 0 Å². The van der Waals surface area contributed by atoms with Gasteiger partial charge >= 0.3 is 0 Å². The van der Waals surface area contributed by atoms with E-state index in [0.717, 1.165) is 5.57 Å². The van der Waals surface area contributed by atoms with E-state index in [1.807, 2.05) is 25.1 Å². The maximum Gasteiger partial charge on any atom is 0.256 e. The number of carbonyl (C=O) groups is 2. The molecule has 2 aliphatic heterocycles. The number of nitrogens with one attached hydrogen (secondary N) is 1. The van der Waals surface area contributed by atoms with Crippen molar-refractivity contribution in [3.8, 4) is 0 Å². The molecule has 1 aromatic rings. The molecular weight excluding hydrogens is 228 g/mol. The second-order valence-corrected chi connectivity index (χ2v) is 4.63. The summed E-state index contributed by atoms with van der Waals surface area (Å²) >= 11 is 0. The summed E-state index contributed by atoms with van der Waals surface area (Å²) < 4.78 is 0. The minimum Gasteiger partial charge on any atom is -0.324 e. The van der Waals surface area contributed by atoms with Gasteiger partial charge in [0.15, 0.2) is 0 Å². The quantitative estimate of drug-likeness (QED) is 0.705. The average Bonchev–Trinajstić information content (AvgIpc) is 2.79. The van der Waals surface area contributed by atoms with Crippen molar-refractivity contribution in [1.82, 2.24) is 4.90 Å². The lowest BCUT2D eigenvalue weighted by Gasteiger charge is -2.19. The molecule has 0 aromatic heterocycles. The molecule has 1 aromatic carbocycles. The van der Waals surface area contributed by atoms with E-state index in [2.05, 4.69) is 5.32 Å². The normalized spacial score (nSPS) is 24.6. The van der Waals surface area contributed by atoms with Gasteiger partial charge in [-0.15, -0.1) is 0 Å². The van der Waals surface area contributed by atoms with Gasteiger partial charge in [0.25, 0.3) is 5.91 Å². The number of amides is 2. The van der Waals surface area contributed by atoms with Gasteiger partial charge in [0.05, 0.1) is 11.3 Å². The van der Waals surface area contributed by atoms with E-state index in [1.54, 1.807) is 17.0 Å². The highest BCUT2D eigenvalue weighted by Crippen LogP contribution is 2.30. The predicted octanol–water partition coefficient (Wildman–Crippen LogP) is 1.80. The third-order valence-corrected chi connectivity index (χ3v) is 3.59. The molecule has 2 amide bonds. The first kappa shape index (κ1) is 11.0. The summed E-state index contributed by atoms with van der Waals surface area (Å²) in [7, 11) is 0. The van der Waals surface area contributed by atoms with Crippen molar-refractivity contribution in [2.45, 2.75) is 19.4 Å². The van der Waals surface area contributed by atoms with Crippen LogP contribution in [0.1, 0.15) is 23.7 Å². The summed E-state index contributed by atoms with van der Waals surface area (Å²) in [6.45, 7) is 2.50. The van der Waals surface area contributed by atoms with Crippen LogP contribution < -0.4 is 5.32 Å². The number of nitrogens with zero attached hydrogens (tertiary/aromatic N) is 1. The molecule has 4 heteroatoms. The molecule has 0 spiro atoms. The molecule has 1 saturated heterocycles. The van der Waals surface area contributed by atoms with Crippen LogP contribution in [0, 0.1) is 0 Å². The smallest absolute Gasteiger partial charge is 0.256 e. The lowest BCUT2D eigenvalue weighted by atomic mass is 10.1. The van der Waals surface area contributed by atoms with E-state index in [0.29, 0.717) is 24.2 Å². The Bertz CT molecular complexity index is 563. The largest absolute Gasteiger partial charge is 0.324 e. The number of benzene rings is 1. The lowest BCUT2D eigenvalue weighted by molar-refractivity contribution is -0.119. The van der Waals surface area contributed by atoms with Gasteiger partial charge in [0.1, 0.15) is 6.04 Å². The minimum atomic E-state index is -0.365. The molecule has 2 aliphatic rings. The molecule has 3 rings (SSSR count). The molecule has 4 nitrogen and oxygen atoms in total. The second kappa shape index (κ2) is 3.98. The maximum absolute atomic E-state index is 12.4. The number of rotatable bonds is 0. The third-order valence-electron chi connectivity index (χ3n) is 3.59. The zero-order valence-electron chi connectivity index (χ0n) is 10.1. The van der Waals surface area contributed by atoms with Gasteiger partial charge in [0.2, 0.25) is 5.91 Å². The Morgan fingerprint density at radius 1 is 1.33 bits per heavy atom. The summed E-state index contributed by atoms with van der Waals surface area (Å²) in [6, 6.07) is 6.80. The minimum absolute atomic E-state index is 0.0641. The van der Waals surface area contributed by atoms with Gasteiger partial charge in [-0.1, -0.05) is 23.8 Å². The molecule has 0 saturated carbocycles. The first-order chi connectivity index (χ1) is 8.70. The molecule has 0 aliphatic carbocycles. The van der Waals surface area contributed by atoms with Crippen molar-refractivity contribution in [2.24, 2.45) is 0 Å². The van der Waals surface area contributed by atoms with Crippen molar-refractivity contribution in [3.05, 3.63) is 41.5 Å². The molecule has 92 valence electrons. The number of hydrogen-bond donors (Lipinski definition) is 1. The van der Waals surface area contributed by atoms with E-state index in [-0.39, 0.29) is 17.9 Å². The Kier molecular flexibility index (Phi) is 2.44. The van der Waals surface area contributed by atoms with Gasteiger partial charge < -0.3 is 10.2 Å². The molecule has 18 heavy (non-hydrogen) atoms. The number of allylic oxidation sites excluding steroid dienone is 1. The molecule has 0 radical (unpaired) electrons. The first-order valence-corrected chi connectivity index (χ1v) is 6.05.